The molecule has 4 nitrogen and oxygen atoms in total. The Bertz CT molecular complexity index is 861. The highest BCUT2D eigenvalue weighted by molar-refractivity contribution is 5.15. The summed E-state index contributed by atoms with van der Waals surface area (Å²) < 4.78 is 20.0. The van der Waals surface area contributed by atoms with Crippen molar-refractivity contribution in [1.82, 2.24) is 4.90 Å². The van der Waals surface area contributed by atoms with Gasteiger partial charge in [-0.05, 0) is 36.9 Å². The normalized spacial score (nSPS) is 22.0. The van der Waals surface area contributed by atoms with Crippen molar-refractivity contribution in [3.63, 3.8) is 0 Å². The largest absolute Gasteiger partial charge is 0.374 e. The van der Waals surface area contributed by atoms with E-state index in [9.17, 15) is 0 Å². The monoisotopic (exact) mass is 537 g/mol. The van der Waals surface area contributed by atoms with E-state index in [1.54, 1.807) is 0 Å². The van der Waals surface area contributed by atoms with E-state index in [0.29, 0.717) is 19.1 Å². The molecule has 3 rings (SSSR count). The van der Waals surface area contributed by atoms with E-state index >= 15 is 0 Å². The Morgan fingerprint density at radius 3 is 1.90 bits per heavy atom. The van der Waals surface area contributed by atoms with Crippen LogP contribution >= 0.6 is 0 Å². The first-order valence-electron chi connectivity index (χ1n) is 15.7. The minimum Gasteiger partial charge on any atom is -0.374 e. The third-order valence-electron chi connectivity index (χ3n) is 8.13. The summed E-state index contributed by atoms with van der Waals surface area (Å²) in [7, 11) is 2.27. The van der Waals surface area contributed by atoms with Gasteiger partial charge in [0.2, 0.25) is 0 Å². The van der Waals surface area contributed by atoms with Gasteiger partial charge in [-0.3, -0.25) is 4.90 Å². The van der Waals surface area contributed by atoms with Crippen molar-refractivity contribution in [3.8, 4) is 0 Å². The number of unbranched alkanes of at least 4 members (excludes halogenated alkanes) is 6. The number of hydrogen-bond donors (Lipinski definition) is 0. The molecule has 0 N–H and O–H groups in total. The number of benzene rings is 2. The lowest BCUT2D eigenvalue weighted by Crippen LogP contribution is -2.49. The fourth-order valence-corrected chi connectivity index (χ4v) is 5.93. The van der Waals surface area contributed by atoms with Crippen molar-refractivity contribution >= 4 is 0 Å². The molecule has 0 heterocycles. The van der Waals surface area contributed by atoms with Gasteiger partial charge in [-0.25, -0.2) is 0 Å². The Labute approximate surface area is 239 Å². The van der Waals surface area contributed by atoms with E-state index < -0.39 is 0 Å². The molecule has 0 radical (unpaired) electrons. The van der Waals surface area contributed by atoms with Crippen LogP contribution in [0.2, 0.25) is 0 Å². The summed E-state index contributed by atoms with van der Waals surface area (Å²) >= 11 is 0. The highest BCUT2D eigenvalue weighted by Crippen LogP contribution is 2.34. The first-order chi connectivity index (χ1) is 19.1. The maximum absolute atomic E-state index is 6.73. The molecular weight excluding hydrogens is 482 g/mol. The number of nitrogens with zero attached hydrogens (tertiary/aromatic N) is 1. The molecule has 2 aromatic rings. The van der Waals surface area contributed by atoms with E-state index in [-0.39, 0.29) is 24.4 Å². The van der Waals surface area contributed by atoms with Crippen LogP contribution in [-0.2, 0) is 27.4 Å². The molecule has 1 aliphatic carbocycles. The van der Waals surface area contributed by atoms with Crippen molar-refractivity contribution in [1.29, 1.82) is 0 Å². The zero-order chi connectivity index (χ0) is 27.7. The molecule has 218 valence electrons. The standard InChI is InChI=1S/C35H55NO3/c1-5-7-9-10-18-24-37-35-33(39-28-31-22-16-12-17-23-31)25-32(38-27-30-20-14-11-15-21-30)34(35)36(4)26-29(3)19-13-8-6-2/h11-12,14-17,20-23,29,32-35H,5-10,13,18-19,24-28H2,1-4H3/t29?,32-,33+,34-,35+/m1/s1. The fraction of sp³-hybridized carbons (Fsp3) is 0.657. The molecule has 1 saturated carbocycles. The summed E-state index contributed by atoms with van der Waals surface area (Å²) in [6.07, 6.45) is 12.4. The number of rotatable bonds is 20. The second-order valence-corrected chi connectivity index (χ2v) is 11.7. The van der Waals surface area contributed by atoms with Crippen LogP contribution in [0.3, 0.4) is 0 Å². The fourth-order valence-electron chi connectivity index (χ4n) is 5.93. The van der Waals surface area contributed by atoms with Gasteiger partial charge in [0.25, 0.3) is 0 Å². The van der Waals surface area contributed by atoms with Crippen LogP contribution in [0, 0.1) is 5.92 Å². The van der Waals surface area contributed by atoms with Crippen molar-refractivity contribution in [3.05, 3.63) is 71.8 Å². The molecule has 0 aromatic heterocycles. The third-order valence-corrected chi connectivity index (χ3v) is 8.13. The Morgan fingerprint density at radius 1 is 0.718 bits per heavy atom. The topological polar surface area (TPSA) is 30.9 Å². The molecule has 39 heavy (non-hydrogen) atoms. The molecule has 2 aromatic carbocycles. The van der Waals surface area contributed by atoms with Crippen LogP contribution in [0.5, 0.6) is 0 Å². The minimum absolute atomic E-state index is 0.00787. The van der Waals surface area contributed by atoms with Gasteiger partial charge in [-0.1, -0.05) is 126 Å². The first-order valence-corrected chi connectivity index (χ1v) is 15.7. The molecule has 1 unspecified atom stereocenters. The third kappa shape index (κ3) is 11.4. The predicted octanol–water partition coefficient (Wildman–Crippen LogP) is 8.43. The molecule has 4 heteroatoms. The summed E-state index contributed by atoms with van der Waals surface area (Å²) in [6, 6.07) is 21.2. The van der Waals surface area contributed by atoms with Crippen LogP contribution in [0.25, 0.3) is 0 Å². The van der Waals surface area contributed by atoms with E-state index in [1.807, 2.05) is 0 Å². The van der Waals surface area contributed by atoms with Crippen LogP contribution in [-0.4, -0.2) is 49.5 Å². The molecular formula is C35H55NO3. The van der Waals surface area contributed by atoms with Crippen molar-refractivity contribution in [2.24, 2.45) is 5.92 Å². The molecule has 0 aliphatic heterocycles. The lowest BCUT2D eigenvalue weighted by Gasteiger charge is -2.36. The van der Waals surface area contributed by atoms with Crippen LogP contribution in [0.1, 0.15) is 96.1 Å². The average molecular weight is 538 g/mol. The molecule has 5 atom stereocenters. The summed E-state index contributed by atoms with van der Waals surface area (Å²) in [5, 5.41) is 0. The quantitative estimate of drug-likeness (QED) is 0.159. The SMILES string of the molecule is CCCCCCCO[C@@H]1[C@H](N(C)CC(C)CCCCC)[C@H](OCc2ccccc2)C[C@@H]1OCc1ccccc1. The van der Waals surface area contributed by atoms with Gasteiger partial charge in [0, 0.05) is 19.6 Å². The van der Waals surface area contributed by atoms with Crippen molar-refractivity contribution in [2.45, 2.75) is 123 Å². The summed E-state index contributed by atoms with van der Waals surface area (Å²) in [6.45, 7) is 10.0. The van der Waals surface area contributed by atoms with E-state index in [0.717, 1.165) is 26.0 Å². The van der Waals surface area contributed by atoms with Crippen LogP contribution < -0.4 is 0 Å². The Balaban J connectivity index is 1.72. The molecule has 0 saturated heterocycles. The molecule has 0 spiro atoms. The summed E-state index contributed by atoms with van der Waals surface area (Å²) in [5.41, 5.74) is 2.42. The second-order valence-electron chi connectivity index (χ2n) is 11.7. The van der Waals surface area contributed by atoms with Crippen LogP contribution in [0.4, 0.5) is 0 Å². The van der Waals surface area contributed by atoms with Gasteiger partial charge < -0.3 is 14.2 Å². The van der Waals surface area contributed by atoms with Crippen molar-refractivity contribution in [2.75, 3.05) is 20.2 Å². The second kappa shape index (κ2) is 18.6. The minimum atomic E-state index is 0.00787. The number of ether oxygens (including phenoxy) is 3. The smallest absolute Gasteiger partial charge is 0.102 e. The van der Waals surface area contributed by atoms with E-state index in [2.05, 4.69) is 93.4 Å². The van der Waals surface area contributed by atoms with E-state index in [4.69, 9.17) is 14.2 Å². The first kappa shape index (κ1) is 31.8. The lowest BCUT2D eigenvalue weighted by molar-refractivity contribution is -0.0911. The lowest BCUT2D eigenvalue weighted by atomic mass is 10.0. The van der Waals surface area contributed by atoms with Gasteiger partial charge in [0.15, 0.2) is 0 Å². The number of likely N-dealkylation sites (N-methyl/N-ethyl adjacent to an activating group) is 1. The molecule has 1 aliphatic rings. The zero-order valence-electron chi connectivity index (χ0n) is 25.2. The highest BCUT2D eigenvalue weighted by atomic mass is 16.6. The van der Waals surface area contributed by atoms with Crippen molar-refractivity contribution < 1.29 is 14.2 Å². The maximum Gasteiger partial charge on any atom is 0.102 e. The summed E-state index contributed by atoms with van der Waals surface area (Å²) in [4.78, 5) is 2.53. The highest BCUT2D eigenvalue weighted by Gasteiger charge is 2.47. The Kier molecular flexibility index (Phi) is 15.2. The van der Waals surface area contributed by atoms with E-state index in [1.165, 1.54) is 62.5 Å². The average Bonchev–Trinajstić information content (AvgIpc) is 3.31. The summed E-state index contributed by atoms with van der Waals surface area (Å²) in [5.74, 6) is 0.648. The van der Waals surface area contributed by atoms with Gasteiger partial charge >= 0.3 is 0 Å². The number of hydrogen-bond acceptors (Lipinski definition) is 4. The Hall–Kier alpha value is -1.72. The molecule has 1 fully saturated rings. The molecule has 0 bridgehead atoms. The van der Waals surface area contributed by atoms with Gasteiger partial charge in [-0.2, -0.15) is 0 Å². The van der Waals surface area contributed by atoms with Gasteiger partial charge in [0.1, 0.15) is 6.10 Å². The maximum atomic E-state index is 6.73. The van der Waals surface area contributed by atoms with Gasteiger partial charge in [-0.15, -0.1) is 0 Å². The zero-order valence-corrected chi connectivity index (χ0v) is 25.2. The van der Waals surface area contributed by atoms with Crippen LogP contribution in [0.15, 0.2) is 60.7 Å². The predicted molar refractivity (Wildman–Crippen MR) is 163 cm³/mol. The van der Waals surface area contributed by atoms with Gasteiger partial charge in [0.05, 0.1) is 31.5 Å². The molecule has 0 amide bonds. The Morgan fingerprint density at radius 2 is 1.28 bits per heavy atom.